The lowest BCUT2D eigenvalue weighted by Gasteiger charge is -2.13. The number of hydrogen-bond donors (Lipinski definition) is 2. The molecule has 0 aromatic heterocycles. The number of amides is 1. The minimum atomic E-state index is -4.43. The number of anilines is 1. The zero-order valence-electron chi connectivity index (χ0n) is 11.0. The average molecular weight is 388 g/mol. The first-order valence-corrected chi connectivity index (χ1v) is 7.05. The molecule has 1 unspecified atom stereocenters. The molecule has 2 N–H and O–H groups in total. The quantitative estimate of drug-likeness (QED) is 0.824. The van der Waals surface area contributed by atoms with Crippen molar-refractivity contribution in [2.75, 3.05) is 11.9 Å². The van der Waals surface area contributed by atoms with Gasteiger partial charge in [0.25, 0.3) is 0 Å². The Morgan fingerprint density at radius 1 is 1.38 bits per heavy atom. The Hall–Kier alpha value is -0.790. The fourth-order valence-corrected chi connectivity index (χ4v) is 2.69. The number of nitrogens with one attached hydrogen (secondary N) is 2. The number of carbonyl (C=O) groups excluding carboxylic acids is 1. The summed E-state index contributed by atoms with van der Waals surface area (Å²) >= 11 is 3.02. The molecule has 1 saturated heterocycles. The maximum atomic E-state index is 12.7. The molecule has 1 aromatic carbocycles. The van der Waals surface area contributed by atoms with E-state index >= 15 is 0 Å². The van der Waals surface area contributed by atoms with Gasteiger partial charge in [-0.05, 0) is 37.6 Å². The van der Waals surface area contributed by atoms with Crippen molar-refractivity contribution in [1.82, 2.24) is 5.32 Å². The number of rotatable bonds is 3. The summed E-state index contributed by atoms with van der Waals surface area (Å²) in [6, 6.07) is 3.48. The van der Waals surface area contributed by atoms with E-state index < -0.39 is 11.7 Å². The van der Waals surface area contributed by atoms with E-state index in [0.717, 1.165) is 31.5 Å². The fourth-order valence-electron chi connectivity index (χ4n) is 2.19. The van der Waals surface area contributed by atoms with Crippen molar-refractivity contribution in [2.24, 2.45) is 0 Å². The Morgan fingerprint density at radius 3 is 2.67 bits per heavy atom. The number of hydrogen-bond acceptors (Lipinski definition) is 2. The van der Waals surface area contributed by atoms with Crippen molar-refractivity contribution in [1.29, 1.82) is 0 Å². The molecule has 8 heteroatoms. The molecule has 21 heavy (non-hydrogen) atoms. The van der Waals surface area contributed by atoms with Crippen molar-refractivity contribution >= 4 is 39.9 Å². The van der Waals surface area contributed by atoms with Crippen LogP contribution in [-0.4, -0.2) is 18.5 Å². The predicted molar refractivity (Wildman–Crippen MR) is 80.7 cm³/mol. The number of alkyl halides is 3. The van der Waals surface area contributed by atoms with E-state index in [9.17, 15) is 18.0 Å². The number of carbonyl (C=O) groups is 1. The topological polar surface area (TPSA) is 41.1 Å². The zero-order chi connectivity index (χ0) is 14.8. The largest absolute Gasteiger partial charge is 0.416 e. The molecule has 0 bridgehead atoms. The second kappa shape index (κ2) is 7.47. The summed E-state index contributed by atoms with van der Waals surface area (Å²) in [5.74, 6) is -0.282. The summed E-state index contributed by atoms with van der Waals surface area (Å²) in [6.07, 6.45) is -2.23. The van der Waals surface area contributed by atoms with Gasteiger partial charge in [0.05, 0.1) is 5.56 Å². The Bertz CT molecular complexity index is 505. The van der Waals surface area contributed by atoms with Crippen LogP contribution in [0.2, 0.25) is 0 Å². The van der Waals surface area contributed by atoms with E-state index in [1.165, 1.54) is 6.07 Å². The van der Waals surface area contributed by atoms with E-state index in [-0.39, 0.29) is 40.9 Å². The molecule has 1 aromatic rings. The summed E-state index contributed by atoms with van der Waals surface area (Å²) in [6.45, 7) is 0.882. The minimum Gasteiger partial charge on any atom is -0.326 e. The summed E-state index contributed by atoms with van der Waals surface area (Å²) in [7, 11) is 0. The van der Waals surface area contributed by atoms with Gasteiger partial charge in [-0.15, -0.1) is 12.4 Å². The van der Waals surface area contributed by atoms with Gasteiger partial charge in [0, 0.05) is 22.6 Å². The molecule has 0 aliphatic carbocycles. The summed E-state index contributed by atoms with van der Waals surface area (Å²) in [5.41, 5.74) is -0.643. The predicted octanol–water partition coefficient (Wildman–Crippen LogP) is 3.97. The Balaban J connectivity index is 0.00000220. The highest BCUT2D eigenvalue weighted by molar-refractivity contribution is 9.10. The van der Waals surface area contributed by atoms with E-state index in [2.05, 4.69) is 26.6 Å². The highest BCUT2D eigenvalue weighted by Crippen LogP contribution is 2.33. The second-order valence-electron chi connectivity index (χ2n) is 4.77. The molecular weight excluding hydrogens is 373 g/mol. The van der Waals surface area contributed by atoms with E-state index in [1.54, 1.807) is 0 Å². The number of benzene rings is 1. The van der Waals surface area contributed by atoms with Crippen LogP contribution >= 0.6 is 28.3 Å². The first-order chi connectivity index (χ1) is 9.34. The normalized spacial score (nSPS) is 18.2. The third kappa shape index (κ3) is 5.48. The molecule has 1 amide bonds. The summed E-state index contributed by atoms with van der Waals surface area (Å²) < 4.78 is 38.3. The first kappa shape index (κ1) is 18.3. The first-order valence-electron chi connectivity index (χ1n) is 6.25. The van der Waals surface area contributed by atoms with Gasteiger partial charge >= 0.3 is 6.18 Å². The van der Waals surface area contributed by atoms with Gasteiger partial charge in [-0.2, -0.15) is 13.2 Å². The van der Waals surface area contributed by atoms with Gasteiger partial charge in [0.15, 0.2) is 0 Å². The van der Waals surface area contributed by atoms with E-state index in [0.29, 0.717) is 0 Å². The smallest absolute Gasteiger partial charge is 0.326 e. The molecular formula is C13H15BrClF3N2O. The van der Waals surface area contributed by atoms with Gasteiger partial charge in [0.1, 0.15) is 0 Å². The van der Waals surface area contributed by atoms with Crippen molar-refractivity contribution in [2.45, 2.75) is 31.5 Å². The minimum absolute atomic E-state index is 0. The van der Waals surface area contributed by atoms with Crippen LogP contribution in [0.3, 0.4) is 0 Å². The highest BCUT2D eigenvalue weighted by atomic mass is 79.9. The van der Waals surface area contributed by atoms with E-state index in [4.69, 9.17) is 0 Å². The fraction of sp³-hybridized carbons (Fsp3) is 0.462. The van der Waals surface area contributed by atoms with Crippen LogP contribution in [0, 0.1) is 0 Å². The van der Waals surface area contributed by atoms with Gasteiger partial charge in [-0.25, -0.2) is 0 Å². The number of halogens is 5. The van der Waals surface area contributed by atoms with Crippen molar-refractivity contribution in [3.8, 4) is 0 Å². The Kier molecular flexibility index (Phi) is 6.49. The van der Waals surface area contributed by atoms with Crippen molar-refractivity contribution < 1.29 is 18.0 Å². The Labute approximate surface area is 135 Å². The maximum Gasteiger partial charge on any atom is 0.416 e. The van der Waals surface area contributed by atoms with Crippen molar-refractivity contribution in [3.05, 3.63) is 28.2 Å². The Morgan fingerprint density at radius 2 is 2.10 bits per heavy atom. The lowest BCUT2D eigenvalue weighted by atomic mass is 10.1. The molecule has 2 rings (SSSR count). The molecule has 0 spiro atoms. The third-order valence-corrected chi connectivity index (χ3v) is 3.56. The average Bonchev–Trinajstić information content (AvgIpc) is 2.79. The van der Waals surface area contributed by atoms with Gasteiger partial charge in [-0.3, -0.25) is 4.79 Å². The standard InChI is InChI=1S/C13H14BrF3N2O.ClH/c14-9-4-8(13(15,16)17)5-11(6-9)19-12(20)7-10-2-1-3-18-10;/h4-6,10,18H,1-3,7H2,(H,19,20);1H. The molecule has 1 atom stereocenters. The molecule has 1 heterocycles. The molecule has 1 aliphatic rings. The highest BCUT2D eigenvalue weighted by Gasteiger charge is 2.31. The van der Waals surface area contributed by atoms with Crippen molar-refractivity contribution in [3.63, 3.8) is 0 Å². The van der Waals surface area contributed by atoms with Crippen LogP contribution in [0.4, 0.5) is 18.9 Å². The second-order valence-corrected chi connectivity index (χ2v) is 5.69. The zero-order valence-corrected chi connectivity index (χ0v) is 13.4. The molecule has 118 valence electrons. The van der Waals surface area contributed by atoms with Crippen LogP contribution in [-0.2, 0) is 11.0 Å². The molecule has 1 aliphatic heterocycles. The van der Waals surface area contributed by atoms with Crippen LogP contribution in [0.1, 0.15) is 24.8 Å². The SMILES string of the molecule is Cl.O=C(CC1CCCN1)Nc1cc(Br)cc(C(F)(F)F)c1. The van der Waals surface area contributed by atoms with Crippen LogP contribution in [0.25, 0.3) is 0 Å². The van der Waals surface area contributed by atoms with Crippen LogP contribution < -0.4 is 10.6 Å². The van der Waals surface area contributed by atoms with Gasteiger partial charge < -0.3 is 10.6 Å². The summed E-state index contributed by atoms with van der Waals surface area (Å²) in [5, 5.41) is 5.68. The lowest BCUT2D eigenvalue weighted by Crippen LogP contribution is -2.27. The van der Waals surface area contributed by atoms with Crippen LogP contribution in [0.15, 0.2) is 22.7 Å². The lowest BCUT2D eigenvalue weighted by molar-refractivity contribution is -0.137. The summed E-state index contributed by atoms with van der Waals surface area (Å²) in [4.78, 5) is 11.8. The third-order valence-electron chi connectivity index (χ3n) is 3.10. The maximum absolute atomic E-state index is 12.7. The molecule has 1 fully saturated rings. The monoisotopic (exact) mass is 386 g/mol. The van der Waals surface area contributed by atoms with Gasteiger partial charge in [0.2, 0.25) is 5.91 Å². The molecule has 0 saturated carbocycles. The van der Waals surface area contributed by atoms with Crippen LogP contribution in [0.5, 0.6) is 0 Å². The molecule has 3 nitrogen and oxygen atoms in total. The van der Waals surface area contributed by atoms with E-state index in [1.807, 2.05) is 0 Å². The molecule has 0 radical (unpaired) electrons. The van der Waals surface area contributed by atoms with Gasteiger partial charge in [-0.1, -0.05) is 15.9 Å².